The van der Waals surface area contributed by atoms with Crippen molar-refractivity contribution in [1.29, 1.82) is 0 Å². The molecule has 6 nitrogen and oxygen atoms in total. The summed E-state index contributed by atoms with van der Waals surface area (Å²) in [6, 6.07) is 8.04. The van der Waals surface area contributed by atoms with Crippen molar-refractivity contribution in [3.8, 4) is 5.69 Å². The van der Waals surface area contributed by atoms with Crippen molar-refractivity contribution < 1.29 is 4.79 Å². The van der Waals surface area contributed by atoms with Crippen molar-refractivity contribution in [2.45, 2.75) is 13.8 Å². The minimum atomic E-state index is -0.0533. The molecule has 1 aromatic carbocycles. The molecule has 0 atom stereocenters. The number of hydrogen-bond acceptors (Lipinski definition) is 4. The molecule has 0 bridgehead atoms. The van der Waals surface area contributed by atoms with Gasteiger partial charge in [-0.3, -0.25) is 9.69 Å². The molecule has 0 aliphatic carbocycles. The fraction of sp³-hybridized carbons (Fsp3) is 0.444. The van der Waals surface area contributed by atoms with Crippen LogP contribution in [0.25, 0.3) is 5.69 Å². The number of piperazine rings is 1. The molecule has 0 saturated carbocycles. The highest BCUT2D eigenvalue weighted by Gasteiger charge is 2.16. The molecule has 1 amide bonds. The number of carbonyl (C=O) groups is 1. The molecule has 136 valence electrons. The normalized spacial score (nSPS) is 14.8. The molecule has 1 fully saturated rings. The summed E-state index contributed by atoms with van der Waals surface area (Å²) in [6.07, 6.45) is 1.65. The lowest BCUT2D eigenvalue weighted by molar-refractivity contribution is 0.0946. The Morgan fingerprint density at radius 1 is 1.24 bits per heavy atom. The monoisotopic (exact) mass is 363 g/mol. The minimum Gasteiger partial charge on any atom is -0.351 e. The number of halogens is 1. The van der Waals surface area contributed by atoms with E-state index < -0.39 is 0 Å². The highest BCUT2D eigenvalue weighted by Crippen LogP contribution is 2.17. The first-order valence-electron chi connectivity index (χ1n) is 8.48. The number of nitrogens with one attached hydrogen (secondary N) is 2. The van der Waals surface area contributed by atoms with E-state index in [1.54, 1.807) is 6.20 Å². The molecule has 7 heteroatoms. The van der Waals surface area contributed by atoms with Crippen molar-refractivity contribution in [1.82, 2.24) is 25.3 Å². The lowest BCUT2D eigenvalue weighted by Gasteiger charge is -2.27. The van der Waals surface area contributed by atoms with Gasteiger partial charge in [-0.1, -0.05) is 18.2 Å². The van der Waals surface area contributed by atoms with Crippen LogP contribution >= 0.6 is 12.4 Å². The highest BCUT2D eigenvalue weighted by molar-refractivity contribution is 5.95. The average Bonchev–Trinajstić information content (AvgIpc) is 2.98. The van der Waals surface area contributed by atoms with Crippen molar-refractivity contribution in [2.24, 2.45) is 0 Å². The lowest BCUT2D eigenvalue weighted by Crippen LogP contribution is -2.46. The van der Waals surface area contributed by atoms with Gasteiger partial charge in [-0.25, -0.2) is 4.68 Å². The number of nitrogens with zero attached hydrogens (tertiary/aromatic N) is 3. The summed E-state index contributed by atoms with van der Waals surface area (Å²) < 4.78 is 1.83. The van der Waals surface area contributed by atoms with Crippen LogP contribution in [-0.2, 0) is 0 Å². The lowest BCUT2D eigenvalue weighted by atomic mass is 10.2. The van der Waals surface area contributed by atoms with Gasteiger partial charge >= 0.3 is 0 Å². The summed E-state index contributed by atoms with van der Waals surface area (Å²) in [7, 11) is 0. The number of carbonyl (C=O) groups excluding carboxylic acids is 1. The number of para-hydroxylation sites is 1. The Hall–Kier alpha value is -1.89. The fourth-order valence-corrected chi connectivity index (χ4v) is 3.03. The molecule has 1 aromatic heterocycles. The predicted octanol–water partition coefficient (Wildman–Crippen LogP) is 1.55. The van der Waals surface area contributed by atoms with Gasteiger partial charge in [-0.15, -0.1) is 12.4 Å². The van der Waals surface area contributed by atoms with Gasteiger partial charge in [0.2, 0.25) is 0 Å². The molecule has 0 radical (unpaired) electrons. The van der Waals surface area contributed by atoms with E-state index in [2.05, 4.69) is 20.6 Å². The summed E-state index contributed by atoms with van der Waals surface area (Å²) in [4.78, 5) is 14.8. The maximum atomic E-state index is 12.4. The Labute approximate surface area is 155 Å². The molecule has 0 spiro atoms. The molecule has 2 aromatic rings. The van der Waals surface area contributed by atoms with E-state index in [1.807, 2.05) is 42.8 Å². The second-order valence-electron chi connectivity index (χ2n) is 6.19. The molecular weight excluding hydrogens is 338 g/mol. The van der Waals surface area contributed by atoms with Gasteiger partial charge in [-0.05, 0) is 25.5 Å². The van der Waals surface area contributed by atoms with Crippen molar-refractivity contribution in [3.63, 3.8) is 0 Å². The maximum Gasteiger partial charge on any atom is 0.254 e. The van der Waals surface area contributed by atoms with E-state index in [-0.39, 0.29) is 18.3 Å². The van der Waals surface area contributed by atoms with E-state index in [4.69, 9.17) is 0 Å². The summed E-state index contributed by atoms with van der Waals surface area (Å²) in [5.41, 5.74) is 3.65. The van der Waals surface area contributed by atoms with E-state index in [1.165, 1.54) is 0 Å². The van der Waals surface area contributed by atoms with Crippen LogP contribution in [0.15, 0.2) is 30.5 Å². The van der Waals surface area contributed by atoms with Crippen molar-refractivity contribution in [3.05, 3.63) is 47.3 Å². The van der Waals surface area contributed by atoms with Crippen LogP contribution in [0.3, 0.4) is 0 Å². The van der Waals surface area contributed by atoms with Gasteiger partial charge in [0.1, 0.15) is 0 Å². The highest BCUT2D eigenvalue weighted by atomic mass is 35.5. The number of rotatable bonds is 5. The third kappa shape index (κ3) is 4.60. The topological polar surface area (TPSA) is 62.2 Å². The zero-order valence-corrected chi connectivity index (χ0v) is 15.6. The molecule has 1 saturated heterocycles. The number of hydrogen-bond donors (Lipinski definition) is 2. The van der Waals surface area contributed by atoms with Crippen LogP contribution < -0.4 is 10.6 Å². The predicted molar refractivity (Wildman–Crippen MR) is 102 cm³/mol. The smallest absolute Gasteiger partial charge is 0.254 e. The summed E-state index contributed by atoms with van der Waals surface area (Å²) in [6.45, 7) is 9.66. The quantitative estimate of drug-likeness (QED) is 0.846. The van der Waals surface area contributed by atoms with E-state index in [9.17, 15) is 4.79 Å². The standard InChI is InChI=1S/C18H25N5O.ClH/c1-14-5-3-4-6-17(14)23-15(2)16(13-21-23)18(24)20-9-12-22-10-7-19-8-11-22;/h3-6,13,19H,7-12H2,1-2H3,(H,20,24);1H. The van der Waals surface area contributed by atoms with Gasteiger partial charge in [0.25, 0.3) is 5.91 Å². The Morgan fingerprint density at radius 3 is 2.68 bits per heavy atom. The Morgan fingerprint density at radius 2 is 1.96 bits per heavy atom. The number of aryl methyl sites for hydroxylation is 1. The first-order chi connectivity index (χ1) is 11.7. The van der Waals surface area contributed by atoms with Gasteiger partial charge < -0.3 is 10.6 Å². The van der Waals surface area contributed by atoms with Gasteiger partial charge in [0.15, 0.2) is 0 Å². The van der Waals surface area contributed by atoms with Crippen LogP contribution in [0, 0.1) is 13.8 Å². The number of amides is 1. The first kappa shape index (κ1) is 19.4. The molecule has 0 unspecified atom stereocenters. The van der Waals surface area contributed by atoms with Crippen LogP contribution in [0.4, 0.5) is 0 Å². The van der Waals surface area contributed by atoms with Crippen molar-refractivity contribution >= 4 is 18.3 Å². The first-order valence-corrected chi connectivity index (χ1v) is 8.48. The summed E-state index contributed by atoms with van der Waals surface area (Å²) in [5.74, 6) is -0.0533. The van der Waals surface area contributed by atoms with Gasteiger partial charge in [-0.2, -0.15) is 5.10 Å². The van der Waals surface area contributed by atoms with Gasteiger partial charge in [0, 0.05) is 39.3 Å². The zero-order valence-electron chi connectivity index (χ0n) is 14.8. The minimum absolute atomic E-state index is 0. The van der Waals surface area contributed by atoms with E-state index >= 15 is 0 Å². The van der Waals surface area contributed by atoms with Crippen LogP contribution in [0.2, 0.25) is 0 Å². The molecular formula is C18H26ClN5O. The molecule has 1 aliphatic heterocycles. The molecule has 1 aliphatic rings. The molecule has 25 heavy (non-hydrogen) atoms. The Bertz CT molecular complexity index is 709. The summed E-state index contributed by atoms with van der Waals surface area (Å²) in [5, 5.41) is 10.7. The van der Waals surface area contributed by atoms with Crippen LogP contribution in [0.5, 0.6) is 0 Å². The number of aromatic nitrogens is 2. The van der Waals surface area contributed by atoms with Crippen LogP contribution in [0.1, 0.15) is 21.6 Å². The van der Waals surface area contributed by atoms with E-state index in [0.717, 1.165) is 49.7 Å². The fourth-order valence-electron chi connectivity index (χ4n) is 3.03. The Kier molecular flexibility index (Phi) is 6.99. The summed E-state index contributed by atoms with van der Waals surface area (Å²) >= 11 is 0. The largest absolute Gasteiger partial charge is 0.351 e. The third-order valence-electron chi connectivity index (χ3n) is 4.52. The SMILES string of the molecule is Cc1ccccc1-n1ncc(C(=O)NCCN2CCNCC2)c1C.Cl. The third-order valence-corrected chi connectivity index (χ3v) is 4.52. The van der Waals surface area contributed by atoms with Crippen molar-refractivity contribution in [2.75, 3.05) is 39.3 Å². The van der Waals surface area contributed by atoms with Gasteiger partial charge in [0.05, 0.1) is 23.1 Å². The Balaban J connectivity index is 0.00000225. The average molecular weight is 364 g/mol. The molecule has 2 N–H and O–H groups in total. The second-order valence-corrected chi connectivity index (χ2v) is 6.19. The van der Waals surface area contributed by atoms with Crippen LogP contribution in [-0.4, -0.2) is 59.9 Å². The number of benzene rings is 1. The molecule has 2 heterocycles. The molecule has 3 rings (SSSR count). The maximum absolute atomic E-state index is 12.4. The second kappa shape index (κ2) is 8.99. The van der Waals surface area contributed by atoms with E-state index in [0.29, 0.717) is 12.1 Å². The zero-order chi connectivity index (χ0) is 16.9.